The highest BCUT2D eigenvalue weighted by molar-refractivity contribution is 6.34. The predicted octanol–water partition coefficient (Wildman–Crippen LogP) is 3.35. The minimum absolute atomic E-state index is 0.0912. The second-order valence-corrected chi connectivity index (χ2v) is 12.2. The zero-order chi connectivity index (χ0) is 31.7. The molecular formula is C34H36ClN3O7. The molecule has 0 unspecified atom stereocenters. The molecular weight excluding hydrogens is 598 g/mol. The maximum absolute atomic E-state index is 14.8. The van der Waals surface area contributed by atoms with Crippen molar-refractivity contribution in [2.24, 2.45) is 11.8 Å². The highest BCUT2D eigenvalue weighted by Gasteiger charge is 2.73. The number of likely N-dealkylation sites (tertiary alicyclic amines) is 1. The highest BCUT2D eigenvalue weighted by atomic mass is 35.5. The molecule has 0 radical (unpaired) electrons. The van der Waals surface area contributed by atoms with Gasteiger partial charge in [-0.3, -0.25) is 19.2 Å². The number of aliphatic hydroxyl groups is 1. The number of carbonyl (C=O) groups excluding carboxylic acids is 4. The minimum Gasteiger partial charge on any atom is -0.463 e. The Labute approximate surface area is 266 Å². The third kappa shape index (κ3) is 5.45. The van der Waals surface area contributed by atoms with Gasteiger partial charge in [0.15, 0.2) is 0 Å². The summed E-state index contributed by atoms with van der Waals surface area (Å²) in [5, 5.41) is 13.7. The first-order chi connectivity index (χ1) is 21.8. The van der Waals surface area contributed by atoms with Crippen molar-refractivity contribution in [3.8, 4) is 0 Å². The Hall–Kier alpha value is -3.99. The lowest BCUT2D eigenvalue weighted by Gasteiger charge is -2.38. The average molecular weight is 634 g/mol. The SMILES string of the molecule is CC[C@@H](CO)N1C(=O)[C@@H]2[C@H]3C(=O)N[C@@H](c4ccccc4)COC(=O)CC/C=C\CN(c4ccccc4Cl)C(=O)[C@@H]1[C@]21C=C[C@H]3O1. The van der Waals surface area contributed by atoms with E-state index < -0.39 is 65.4 Å². The fourth-order valence-corrected chi connectivity index (χ4v) is 7.28. The van der Waals surface area contributed by atoms with Crippen molar-refractivity contribution in [1.29, 1.82) is 0 Å². The van der Waals surface area contributed by atoms with Gasteiger partial charge in [-0.2, -0.15) is 0 Å². The third-order valence-corrected chi connectivity index (χ3v) is 9.55. The highest BCUT2D eigenvalue weighted by Crippen LogP contribution is 2.56. The van der Waals surface area contributed by atoms with Crippen LogP contribution in [0.25, 0.3) is 0 Å². The smallest absolute Gasteiger partial charge is 0.306 e. The number of para-hydroxylation sites is 1. The van der Waals surface area contributed by atoms with Crippen LogP contribution in [0.1, 0.15) is 37.8 Å². The largest absolute Gasteiger partial charge is 0.463 e. The van der Waals surface area contributed by atoms with Gasteiger partial charge in [0.1, 0.15) is 18.2 Å². The molecule has 4 heterocycles. The molecule has 0 aromatic heterocycles. The lowest BCUT2D eigenvalue weighted by molar-refractivity contribution is -0.146. The van der Waals surface area contributed by atoms with Crippen LogP contribution < -0.4 is 10.2 Å². The van der Waals surface area contributed by atoms with Crippen LogP contribution in [-0.4, -0.2) is 77.2 Å². The van der Waals surface area contributed by atoms with Gasteiger partial charge in [0, 0.05) is 13.0 Å². The standard InChI is InChI=1S/C34H36ClN3O7/c1-2-22(19-39)38-30-33(43)37(25-14-9-8-13-23(25)35)18-10-4-7-15-27(40)44-20-24(21-11-5-3-6-12-21)36-31(41)28-26-16-17-34(30,45-26)29(28)32(38)42/h3-6,8-14,16-17,22,24,26,28-30,39H,2,7,15,18-20H2,1H3,(H,36,41)/b10-4-/t22-,24+,26+,28-,29-,30+,34-/m0/s1. The van der Waals surface area contributed by atoms with Gasteiger partial charge in [-0.1, -0.05) is 85.3 Å². The monoisotopic (exact) mass is 633 g/mol. The van der Waals surface area contributed by atoms with Crippen LogP contribution in [0.2, 0.25) is 5.02 Å². The summed E-state index contributed by atoms with van der Waals surface area (Å²) in [7, 11) is 0. The molecule has 1 spiro atoms. The van der Waals surface area contributed by atoms with Gasteiger partial charge in [0.05, 0.1) is 47.3 Å². The summed E-state index contributed by atoms with van der Waals surface area (Å²) in [5.74, 6) is -3.73. The fraction of sp³-hybridized carbons (Fsp3) is 0.412. The second-order valence-electron chi connectivity index (χ2n) is 11.8. The van der Waals surface area contributed by atoms with E-state index in [2.05, 4.69) is 5.32 Å². The summed E-state index contributed by atoms with van der Waals surface area (Å²) in [5.41, 5.74) is -0.262. The summed E-state index contributed by atoms with van der Waals surface area (Å²) in [6.45, 7) is 1.47. The molecule has 2 N–H and O–H groups in total. The van der Waals surface area contributed by atoms with Crippen molar-refractivity contribution in [3.63, 3.8) is 0 Å². The first-order valence-corrected chi connectivity index (χ1v) is 15.7. The molecule has 2 aromatic carbocycles. The molecule has 236 valence electrons. The maximum Gasteiger partial charge on any atom is 0.306 e. The predicted molar refractivity (Wildman–Crippen MR) is 166 cm³/mol. The molecule has 11 heteroatoms. The van der Waals surface area contributed by atoms with Crippen molar-refractivity contribution in [3.05, 3.63) is 89.5 Å². The molecule has 4 aliphatic heterocycles. The maximum atomic E-state index is 14.8. The first-order valence-electron chi connectivity index (χ1n) is 15.3. The van der Waals surface area contributed by atoms with Crippen LogP contribution >= 0.6 is 11.6 Å². The number of amides is 3. The number of rotatable bonds is 5. The van der Waals surface area contributed by atoms with Crippen LogP contribution in [0, 0.1) is 11.8 Å². The number of carbonyl (C=O) groups is 4. The zero-order valence-electron chi connectivity index (χ0n) is 24.9. The zero-order valence-corrected chi connectivity index (χ0v) is 25.6. The first kappa shape index (κ1) is 31.0. The van der Waals surface area contributed by atoms with Crippen molar-refractivity contribution >= 4 is 41.0 Å². The van der Waals surface area contributed by atoms with Gasteiger partial charge in [-0.05, 0) is 30.5 Å². The third-order valence-electron chi connectivity index (χ3n) is 9.23. The van der Waals surface area contributed by atoms with Gasteiger partial charge in [0.2, 0.25) is 11.8 Å². The number of ether oxygens (including phenoxy) is 2. The Morgan fingerprint density at radius 1 is 1.04 bits per heavy atom. The molecule has 2 aromatic rings. The van der Waals surface area contributed by atoms with Gasteiger partial charge in [0.25, 0.3) is 5.91 Å². The van der Waals surface area contributed by atoms with E-state index >= 15 is 0 Å². The number of hydrogen-bond acceptors (Lipinski definition) is 7. The van der Waals surface area contributed by atoms with E-state index in [0.717, 1.165) is 5.56 Å². The Kier molecular flexibility index (Phi) is 8.81. The second kappa shape index (κ2) is 12.8. The number of anilines is 1. The molecule has 45 heavy (non-hydrogen) atoms. The van der Waals surface area contributed by atoms with Crippen molar-refractivity contribution in [1.82, 2.24) is 10.2 Å². The van der Waals surface area contributed by atoms with Crippen LogP contribution in [0.3, 0.4) is 0 Å². The summed E-state index contributed by atoms with van der Waals surface area (Å²) in [6, 6.07) is 13.6. The number of benzene rings is 2. The summed E-state index contributed by atoms with van der Waals surface area (Å²) < 4.78 is 12.1. The van der Waals surface area contributed by atoms with Gasteiger partial charge < -0.3 is 29.7 Å². The van der Waals surface area contributed by atoms with E-state index in [1.54, 1.807) is 48.6 Å². The van der Waals surface area contributed by atoms with Gasteiger partial charge in [-0.25, -0.2) is 0 Å². The molecule has 3 amide bonds. The fourth-order valence-electron chi connectivity index (χ4n) is 7.04. The van der Waals surface area contributed by atoms with E-state index in [1.807, 2.05) is 37.3 Å². The number of nitrogens with one attached hydrogen (secondary N) is 1. The molecule has 2 saturated heterocycles. The molecule has 2 fully saturated rings. The van der Waals surface area contributed by atoms with Crippen LogP contribution in [0.15, 0.2) is 78.9 Å². The number of fused-ring (bicyclic) bond motifs is 2. The Morgan fingerprint density at radius 2 is 1.80 bits per heavy atom. The lowest BCUT2D eigenvalue weighted by Crippen LogP contribution is -2.58. The number of hydrogen-bond donors (Lipinski definition) is 2. The molecule has 7 atom stereocenters. The number of allylic oxidation sites excluding steroid dienone is 1. The minimum atomic E-state index is -1.44. The quantitative estimate of drug-likeness (QED) is 0.382. The van der Waals surface area contributed by atoms with Crippen LogP contribution in [0.4, 0.5) is 5.69 Å². The van der Waals surface area contributed by atoms with E-state index in [1.165, 1.54) is 9.80 Å². The van der Waals surface area contributed by atoms with E-state index in [4.69, 9.17) is 21.1 Å². The Bertz CT molecular complexity index is 1530. The number of halogens is 1. The van der Waals surface area contributed by atoms with E-state index in [9.17, 15) is 24.3 Å². The molecule has 0 aliphatic carbocycles. The topological polar surface area (TPSA) is 125 Å². The van der Waals surface area contributed by atoms with E-state index in [0.29, 0.717) is 23.6 Å². The Balaban J connectivity index is 1.46. The number of nitrogens with zero attached hydrogens (tertiary/aromatic N) is 2. The van der Waals surface area contributed by atoms with Gasteiger partial charge >= 0.3 is 5.97 Å². The molecule has 5 bridgehead atoms. The summed E-state index contributed by atoms with van der Waals surface area (Å²) >= 11 is 6.60. The number of esters is 1. The number of aliphatic hydroxyl groups excluding tert-OH is 1. The molecule has 10 nitrogen and oxygen atoms in total. The number of cyclic esters (lactones) is 1. The van der Waals surface area contributed by atoms with Crippen molar-refractivity contribution in [2.45, 2.75) is 56.0 Å². The summed E-state index contributed by atoms with van der Waals surface area (Å²) in [4.78, 5) is 58.9. The summed E-state index contributed by atoms with van der Waals surface area (Å²) in [6.07, 6.45) is 7.15. The van der Waals surface area contributed by atoms with Gasteiger partial charge in [-0.15, -0.1) is 0 Å². The van der Waals surface area contributed by atoms with Crippen LogP contribution in [0.5, 0.6) is 0 Å². The molecule has 0 saturated carbocycles. The van der Waals surface area contributed by atoms with E-state index in [-0.39, 0.29) is 26.2 Å². The Morgan fingerprint density at radius 3 is 2.53 bits per heavy atom. The van der Waals surface area contributed by atoms with Crippen LogP contribution in [-0.2, 0) is 28.7 Å². The van der Waals surface area contributed by atoms with Crippen molar-refractivity contribution in [2.75, 3.05) is 24.7 Å². The molecule has 6 rings (SSSR count). The normalized spacial score (nSPS) is 31.5. The lowest BCUT2D eigenvalue weighted by atomic mass is 9.74. The molecule has 4 aliphatic rings. The average Bonchev–Trinajstić information content (AvgIpc) is 3.69. The van der Waals surface area contributed by atoms with Crippen molar-refractivity contribution < 1.29 is 33.8 Å².